The molecule has 0 radical (unpaired) electrons. The molecule has 1 saturated heterocycles. The Morgan fingerprint density at radius 3 is 2.50 bits per heavy atom. The van der Waals surface area contributed by atoms with Gasteiger partial charge in [0.25, 0.3) is 0 Å². The first-order valence-electron chi connectivity index (χ1n) is 13.6. The quantitative estimate of drug-likeness (QED) is 0.291. The van der Waals surface area contributed by atoms with Crippen molar-refractivity contribution in [2.24, 2.45) is 7.05 Å². The summed E-state index contributed by atoms with van der Waals surface area (Å²) in [6, 6.07) is 15.4. The molecule has 8 nitrogen and oxygen atoms in total. The lowest BCUT2D eigenvalue weighted by molar-refractivity contribution is -0.120. The third-order valence-corrected chi connectivity index (χ3v) is 7.61. The van der Waals surface area contributed by atoms with Crippen molar-refractivity contribution in [3.8, 4) is 11.5 Å². The summed E-state index contributed by atoms with van der Waals surface area (Å²) in [5, 5.41) is 4.19. The molecule has 0 bridgehead atoms. The standard InChI is InChI=1S/C31H37ClN6O2/c1-31(2,3)26-18-21(6-8-27(26)32)34-30-35-28-19-24(7-9-29(28)37(30)5)40-25-10-11-33-22(17-25)16-23(39)20-38-14-12-36(4)13-15-38/h6-11,17-19H,12-16,20H2,1-5H3,(H,34,35). The summed E-state index contributed by atoms with van der Waals surface area (Å²) in [6.45, 7) is 10.7. The summed E-state index contributed by atoms with van der Waals surface area (Å²) in [5.74, 6) is 2.19. The highest BCUT2D eigenvalue weighted by Gasteiger charge is 2.19. The number of carbonyl (C=O) groups is 1. The largest absolute Gasteiger partial charge is 0.457 e. The number of pyridine rings is 1. The Morgan fingerprint density at radius 2 is 1.75 bits per heavy atom. The van der Waals surface area contributed by atoms with Gasteiger partial charge in [-0.05, 0) is 54.4 Å². The number of ketones is 1. The first-order valence-corrected chi connectivity index (χ1v) is 14.0. The second kappa shape index (κ2) is 11.6. The first kappa shape index (κ1) is 28.1. The molecule has 1 fully saturated rings. The van der Waals surface area contributed by atoms with E-state index in [1.165, 1.54) is 0 Å². The number of imidazole rings is 1. The monoisotopic (exact) mass is 560 g/mol. The van der Waals surface area contributed by atoms with E-state index in [4.69, 9.17) is 21.3 Å². The third kappa shape index (κ3) is 6.63. The van der Waals surface area contributed by atoms with Gasteiger partial charge in [0.05, 0.1) is 29.7 Å². The van der Waals surface area contributed by atoms with E-state index in [9.17, 15) is 4.79 Å². The maximum absolute atomic E-state index is 12.7. The Hall–Kier alpha value is -3.46. The molecule has 0 saturated carbocycles. The van der Waals surface area contributed by atoms with Crippen LogP contribution in [0.4, 0.5) is 11.6 Å². The van der Waals surface area contributed by atoms with E-state index in [2.05, 4.69) is 54.0 Å². The van der Waals surface area contributed by atoms with Gasteiger partial charge in [-0.2, -0.15) is 0 Å². The van der Waals surface area contributed by atoms with Gasteiger partial charge in [0.2, 0.25) is 5.95 Å². The molecule has 4 aromatic rings. The smallest absolute Gasteiger partial charge is 0.208 e. The van der Waals surface area contributed by atoms with Crippen molar-refractivity contribution in [3.63, 3.8) is 0 Å². The molecule has 0 atom stereocenters. The lowest BCUT2D eigenvalue weighted by Crippen LogP contribution is -2.46. The topological polar surface area (TPSA) is 75.5 Å². The number of halogens is 1. The van der Waals surface area contributed by atoms with Crippen LogP contribution in [-0.2, 0) is 23.7 Å². The van der Waals surface area contributed by atoms with Gasteiger partial charge in [-0.15, -0.1) is 0 Å². The van der Waals surface area contributed by atoms with Crippen LogP contribution in [0.3, 0.4) is 0 Å². The Balaban J connectivity index is 1.27. The Labute approximate surface area is 240 Å². The van der Waals surface area contributed by atoms with E-state index in [0.717, 1.165) is 59.4 Å². The first-order chi connectivity index (χ1) is 19.0. The van der Waals surface area contributed by atoms with Crippen molar-refractivity contribution in [1.29, 1.82) is 0 Å². The molecule has 0 amide bonds. The summed E-state index contributed by atoms with van der Waals surface area (Å²) in [5.41, 5.74) is 4.42. The molecule has 2 aromatic heterocycles. The van der Waals surface area contributed by atoms with Crippen molar-refractivity contribution in [2.45, 2.75) is 32.6 Å². The lowest BCUT2D eigenvalue weighted by Gasteiger charge is -2.31. The van der Waals surface area contributed by atoms with Crippen molar-refractivity contribution >= 4 is 40.1 Å². The Morgan fingerprint density at radius 1 is 1.00 bits per heavy atom. The maximum Gasteiger partial charge on any atom is 0.208 e. The number of hydrogen-bond acceptors (Lipinski definition) is 7. The van der Waals surface area contributed by atoms with Crippen LogP contribution in [0.1, 0.15) is 32.0 Å². The number of anilines is 2. The predicted molar refractivity (Wildman–Crippen MR) is 161 cm³/mol. The Kier molecular flexibility index (Phi) is 8.12. The minimum absolute atomic E-state index is 0.0713. The number of likely N-dealkylation sites (N-methyl/N-ethyl adjacent to an activating group) is 1. The minimum atomic E-state index is -0.0713. The van der Waals surface area contributed by atoms with Crippen LogP contribution >= 0.6 is 11.6 Å². The van der Waals surface area contributed by atoms with Gasteiger partial charge < -0.3 is 19.5 Å². The van der Waals surface area contributed by atoms with E-state index >= 15 is 0 Å². The van der Waals surface area contributed by atoms with Crippen LogP contribution in [-0.4, -0.2) is 69.9 Å². The van der Waals surface area contributed by atoms with Gasteiger partial charge in [0.1, 0.15) is 11.5 Å². The molecular formula is C31H37ClN6O2. The van der Waals surface area contributed by atoms with Crippen molar-refractivity contribution < 1.29 is 9.53 Å². The number of nitrogens with one attached hydrogen (secondary N) is 1. The van der Waals surface area contributed by atoms with Crippen LogP contribution in [0.2, 0.25) is 5.02 Å². The van der Waals surface area contributed by atoms with E-state index in [1.54, 1.807) is 12.3 Å². The highest BCUT2D eigenvalue weighted by Crippen LogP contribution is 2.33. The molecule has 0 aliphatic carbocycles. The van der Waals surface area contributed by atoms with Crippen molar-refractivity contribution in [1.82, 2.24) is 24.3 Å². The van der Waals surface area contributed by atoms with E-state index < -0.39 is 0 Å². The molecular weight excluding hydrogens is 524 g/mol. The van der Waals surface area contributed by atoms with Gasteiger partial charge in [-0.25, -0.2) is 4.98 Å². The van der Waals surface area contributed by atoms with Gasteiger partial charge in [0, 0.05) is 62.3 Å². The summed E-state index contributed by atoms with van der Waals surface area (Å²) in [4.78, 5) is 26.4. The molecule has 5 rings (SSSR count). The number of carbonyl (C=O) groups excluding carboxylic acids is 1. The number of benzene rings is 2. The number of rotatable bonds is 8. The highest BCUT2D eigenvalue weighted by molar-refractivity contribution is 6.31. The molecule has 210 valence electrons. The second-order valence-electron chi connectivity index (χ2n) is 11.6. The number of aryl methyl sites for hydroxylation is 1. The third-order valence-electron chi connectivity index (χ3n) is 7.28. The summed E-state index contributed by atoms with van der Waals surface area (Å²) in [6.07, 6.45) is 1.98. The van der Waals surface area contributed by atoms with Crippen LogP contribution in [0, 0.1) is 0 Å². The number of hydrogen-bond donors (Lipinski definition) is 1. The molecule has 1 aliphatic rings. The van der Waals surface area contributed by atoms with Crippen molar-refractivity contribution in [2.75, 3.05) is 45.1 Å². The van der Waals surface area contributed by atoms with Crippen molar-refractivity contribution in [3.05, 3.63) is 71.0 Å². The number of Topliss-reactive ketones (excluding diaryl/α,β-unsaturated/α-hetero) is 1. The van der Waals surface area contributed by atoms with Gasteiger partial charge in [-0.3, -0.25) is 14.7 Å². The van der Waals surface area contributed by atoms with E-state index in [0.29, 0.717) is 30.2 Å². The number of ether oxygens (including phenoxy) is 1. The fourth-order valence-corrected chi connectivity index (χ4v) is 5.33. The predicted octanol–water partition coefficient (Wildman–Crippen LogP) is 5.81. The molecule has 0 unspecified atom stereocenters. The second-order valence-corrected chi connectivity index (χ2v) is 12.0. The molecule has 40 heavy (non-hydrogen) atoms. The van der Waals surface area contributed by atoms with Gasteiger partial charge in [0.15, 0.2) is 5.78 Å². The molecule has 1 N–H and O–H groups in total. The number of nitrogens with zero attached hydrogens (tertiary/aromatic N) is 5. The molecule has 3 heterocycles. The van der Waals surface area contributed by atoms with Gasteiger partial charge >= 0.3 is 0 Å². The molecule has 2 aromatic carbocycles. The fraction of sp³-hybridized carbons (Fsp3) is 0.387. The Bertz CT molecular complexity index is 1520. The SMILES string of the molecule is CN1CCN(CC(=O)Cc2cc(Oc3ccc4c(c3)nc(Nc3ccc(Cl)c(C(C)(C)C)c3)n4C)ccn2)CC1. The summed E-state index contributed by atoms with van der Waals surface area (Å²) < 4.78 is 8.17. The average Bonchev–Trinajstić information content (AvgIpc) is 3.20. The number of fused-ring (bicyclic) bond motifs is 1. The van der Waals surface area contributed by atoms with Crippen LogP contribution < -0.4 is 10.1 Å². The minimum Gasteiger partial charge on any atom is -0.457 e. The zero-order chi connectivity index (χ0) is 28.4. The molecule has 9 heteroatoms. The van der Waals surface area contributed by atoms with E-state index in [-0.39, 0.29) is 11.2 Å². The average molecular weight is 561 g/mol. The lowest BCUT2D eigenvalue weighted by atomic mass is 9.87. The summed E-state index contributed by atoms with van der Waals surface area (Å²) in [7, 11) is 4.09. The summed E-state index contributed by atoms with van der Waals surface area (Å²) >= 11 is 6.46. The molecule has 0 spiro atoms. The maximum atomic E-state index is 12.7. The fourth-order valence-electron chi connectivity index (χ4n) is 4.93. The van der Waals surface area contributed by atoms with E-state index in [1.807, 2.05) is 48.0 Å². The number of aromatic nitrogens is 3. The van der Waals surface area contributed by atoms with Crippen LogP contribution in [0.5, 0.6) is 11.5 Å². The zero-order valence-electron chi connectivity index (χ0n) is 23.9. The number of piperazine rings is 1. The highest BCUT2D eigenvalue weighted by atomic mass is 35.5. The normalized spacial score (nSPS) is 14.9. The zero-order valence-corrected chi connectivity index (χ0v) is 24.6. The van der Waals surface area contributed by atoms with Crippen LogP contribution in [0.15, 0.2) is 54.7 Å². The van der Waals surface area contributed by atoms with Gasteiger partial charge in [-0.1, -0.05) is 32.4 Å². The molecule has 1 aliphatic heterocycles. The van der Waals surface area contributed by atoms with Crippen LogP contribution in [0.25, 0.3) is 11.0 Å².